The monoisotopic (exact) mass is 184 g/mol. The summed E-state index contributed by atoms with van der Waals surface area (Å²) in [5.41, 5.74) is 0. The van der Waals surface area contributed by atoms with E-state index in [1.54, 1.807) is 4.57 Å². The molecule has 6 heteroatoms. The van der Waals surface area contributed by atoms with Crippen molar-refractivity contribution in [1.29, 1.82) is 0 Å². The van der Waals surface area contributed by atoms with Crippen LogP contribution in [0.25, 0.3) is 0 Å². The lowest BCUT2D eigenvalue weighted by molar-refractivity contribution is -0.118. The molecule has 0 bridgehead atoms. The van der Waals surface area contributed by atoms with Gasteiger partial charge in [-0.3, -0.25) is 4.79 Å². The molecule has 0 spiro atoms. The van der Waals surface area contributed by atoms with Crippen molar-refractivity contribution in [3.05, 3.63) is 12.2 Å². The van der Waals surface area contributed by atoms with Crippen molar-refractivity contribution < 1.29 is 9.90 Å². The summed E-state index contributed by atoms with van der Waals surface area (Å²) in [5.74, 6) is 0.434. The van der Waals surface area contributed by atoms with Crippen LogP contribution in [0.1, 0.15) is 12.7 Å². The van der Waals surface area contributed by atoms with Gasteiger partial charge in [0.2, 0.25) is 5.91 Å². The summed E-state index contributed by atoms with van der Waals surface area (Å²) >= 11 is 0. The summed E-state index contributed by atoms with van der Waals surface area (Å²) in [7, 11) is 0. The summed E-state index contributed by atoms with van der Waals surface area (Å²) in [6, 6.07) is 0. The highest BCUT2D eigenvalue weighted by Crippen LogP contribution is 1.92. The van der Waals surface area contributed by atoms with Crippen molar-refractivity contribution in [1.82, 2.24) is 20.1 Å². The van der Waals surface area contributed by atoms with Crippen LogP contribution in [-0.4, -0.2) is 32.3 Å². The number of hydrogen-bond acceptors (Lipinski definition) is 4. The first-order valence-electron chi connectivity index (χ1n) is 3.96. The minimum absolute atomic E-state index is 0.0707. The van der Waals surface area contributed by atoms with Crippen molar-refractivity contribution in [3.63, 3.8) is 0 Å². The maximum Gasteiger partial charge on any atom is 0.216 e. The number of hydrogen-bond donors (Lipinski definition) is 2. The molecule has 0 saturated carbocycles. The van der Waals surface area contributed by atoms with E-state index < -0.39 is 0 Å². The van der Waals surface area contributed by atoms with E-state index in [4.69, 9.17) is 5.11 Å². The number of aromatic nitrogens is 3. The SMILES string of the molecule is CC(=O)NCCn1cnnc1CO. The molecular weight excluding hydrogens is 172 g/mol. The lowest BCUT2D eigenvalue weighted by atomic mass is 10.5. The zero-order valence-electron chi connectivity index (χ0n) is 7.40. The van der Waals surface area contributed by atoms with E-state index in [0.29, 0.717) is 18.9 Å². The summed E-state index contributed by atoms with van der Waals surface area (Å²) < 4.78 is 1.69. The molecule has 0 aliphatic rings. The fourth-order valence-electron chi connectivity index (χ4n) is 0.941. The number of amides is 1. The standard InChI is InChI=1S/C7H12N4O2/c1-6(13)8-2-3-11-5-9-10-7(11)4-12/h5,12H,2-4H2,1H3,(H,8,13). The summed E-state index contributed by atoms with van der Waals surface area (Å²) in [4.78, 5) is 10.5. The number of carbonyl (C=O) groups excluding carboxylic acids is 1. The predicted molar refractivity (Wildman–Crippen MR) is 44.6 cm³/mol. The average molecular weight is 184 g/mol. The highest BCUT2D eigenvalue weighted by atomic mass is 16.3. The van der Waals surface area contributed by atoms with Gasteiger partial charge in [0.05, 0.1) is 0 Å². The Balaban J connectivity index is 2.40. The molecule has 0 radical (unpaired) electrons. The first kappa shape index (κ1) is 9.66. The Labute approximate surface area is 75.6 Å². The van der Waals surface area contributed by atoms with Gasteiger partial charge < -0.3 is 15.0 Å². The van der Waals surface area contributed by atoms with Crippen LogP contribution in [-0.2, 0) is 17.9 Å². The third-order valence-electron chi connectivity index (χ3n) is 1.56. The first-order chi connectivity index (χ1) is 6.24. The van der Waals surface area contributed by atoms with Crippen LogP contribution in [0.3, 0.4) is 0 Å². The maximum absolute atomic E-state index is 10.5. The normalized spacial score (nSPS) is 10.0. The van der Waals surface area contributed by atoms with E-state index in [-0.39, 0.29) is 12.5 Å². The van der Waals surface area contributed by atoms with E-state index in [1.165, 1.54) is 13.3 Å². The predicted octanol–water partition coefficient (Wildman–Crippen LogP) is -1.09. The zero-order chi connectivity index (χ0) is 9.68. The molecule has 6 nitrogen and oxygen atoms in total. The van der Waals surface area contributed by atoms with Crippen molar-refractivity contribution in [2.24, 2.45) is 0 Å². The minimum Gasteiger partial charge on any atom is -0.388 e. The molecule has 72 valence electrons. The van der Waals surface area contributed by atoms with Crippen LogP contribution < -0.4 is 5.32 Å². The van der Waals surface area contributed by atoms with Gasteiger partial charge in [0.1, 0.15) is 12.9 Å². The fourth-order valence-corrected chi connectivity index (χ4v) is 0.941. The van der Waals surface area contributed by atoms with Gasteiger partial charge in [0.15, 0.2) is 5.82 Å². The van der Waals surface area contributed by atoms with Crippen molar-refractivity contribution in [2.45, 2.75) is 20.1 Å². The third kappa shape index (κ3) is 2.83. The molecule has 1 heterocycles. The molecule has 0 fully saturated rings. The number of carbonyl (C=O) groups is 1. The van der Waals surface area contributed by atoms with Crippen molar-refractivity contribution in [2.75, 3.05) is 6.54 Å². The highest BCUT2D eigenvalue weighted by molar-refractivity contribution is 5.72. The van der Waals surface area contributed by atoms with Gasteiger partial charge in [-0.15, -0.1) is 10.2 Å². The minimum atomic E-state index is -0.139. The summed E-state index contributed by atoms with van der Waals surface area (Å²) in [5, 5.41) is 18.8. The van der Waals surface area contributed by atoms with Crippen LogP contribution in [0.5, 0.6) is 0 Å². The largest absolute Gasteiger partial charge is 0.388 e. The summed E-state index contributed by atoms with van der Waals surface area (Å²) in [6.07, 6.45) is 1.52. The average Bonchev–Trinajstić information content (AvgIpc) is 2.51. The lowest BCUT2D eigenvalue weighted by Crippen LogP contribution is -2.24. The van der Waals surface area contributed by atoms with Gasteiger partial charge in [-0.1, -0.05) is 0 Å². The number of aliphatic hydroxyl groups excluding tert-OH is 1. The van der Waals surface area contributed by atoms with Crippen LogP contribution in [0.2, 0.25) is 0 Å². The third-order valence-corrected chi connectivity index (χ3v) is 1.56. The number of nitrogens with one attached hydrogen (secondary N) is 1. The Kier molecular flexibility index (Phi) is 3.39. The molecule has 1 rings (SSSR count). The first-order valence-corrected chi connectivity index (χ1v) is 3.96. The Hall–Kier alpha value is -1.43. The molecule has 0 aliphatic heterocycles. The van der Waals surface area contributed by atoms with Gasteiger partial charge in [-0.2, -0.15) is 0 Å². The molecule has 0 saturated heterocycles. The molecule has 0 atom stereocenters. The molecule has 0 aliphatic carbocycles. The highest BCUT2D eigenvalue weighted by Gasteiger charge is 2.01. The van der Waals surface area contributed by atoms with Crippen LogP contribution in [0, 0.1) is 0 Å². The van der Waals surface area contributed by atoms with Crippen molar-refractivity contribution in [3.8, 4) is 0 Å². The fraction of sp³-hybridized carbons (Fsp3) is 0.571. The maximum atomic E-state index is 10.5. The quantitative estimate of drug-likeness (QED) is 0.623. The molecular formula is C7H12N4O2. The molecule has 0 unspecified atom stereocenters. The number of nitrogens with zero attached hydrogens (tertiary/aromatic N) is 3. The van der Waals surface area contributed by atoms with Crippen LogP contribution in [0.15, 0.2) is 6.33 Å². The molecule has 1 aromatic rings. The second-order valence-electron chi connectivity index (χ2n) is 2.58. The van der Waals surface area contributed by atoms with Gasteiger partial charge in [-0.05, 0) is 0 Å². The van der Waals surface area contributed by atoms with E-state index in [0.717, 1.165) is 0 Å². The Morgan fingerprint density at radius 2 is 2.54 bits per heavy atom. The van der Waals surface area contributed by atoms with Gasteiger partial charge in [0, 0.05) is 20.0 Å². The molecule has 1 amide bonds. The topological polar surface area (TPSA) is 80.0 Å². The molecule has 1 aromatic heterocycles. The van der Waals surface area contributed by atoms with Crippen LogP contribution >= 0.6 is 0 Å². The number of rotatable bonds is 4. The summed E-state index contributed by atoms with van der Waals surface area (Å²) in [6.45, 7) is 2.40. The van der Waals surface area contributed by atoms with Crippen molar-refractivity contribution >= 4 is 5.91 Å². The van der Waals surface area contributed by atoms with Gasteiger partial charge in [-0.25, -0.2) is 0 Å². The Bertz CT molecular complexity index is 284. The second-order valence-corrected chi connectivity index (χ2v) is 2.58. The zero-order valence-corrected chi connectivity index (χ0v) is 7.40. The number of aliphatic hydroxyl groups is 1. The van der Waals surface area contributed by atoms with Crippen LogP contribution in [0.4, 0.5) is 0 Å². The molecule has 0 aromatic carbocycles. The van der Waals surface area contributed by atoms with E-state index in [9.17, 15) is 4.79 Å². The second kappa shape index (κ2) is 4.56. The Morgan fingerprint density at radius 1 is 1.77 bits per heavy atom. The van der Waals surface area contributed by atoms with Gasteiger partial charge in [0.25, 0.3) is 0 Å². The molecule has 13 heavy (non-hydrogen) atoms. The van der Waals surface area contributed by atoms with E-state index >= 15 is 0 Å². The smallest absolute Gasteiger partial charge is 0.216 e. The van der Waals surface area contributed by atoms with E-state index in [1.807, 2.05) is 0 Å². The lowest BCUT2D eigenvalue weighted by Gasteiger charge is -2.04. The van der Waals surface area contributed by atoms with Gasteiger partial charge >= 0.3 is 0 Å². The Morgan fingerprint density at radius 3 is 3.15 bits per heavy atom. The van der Waals surface area contributed by atoms with E-state index in [2.05, 4.69) is 15.5 Å². The molecule has 2 N–H and O–H groups in total.